The number of phenols is 5. The number of oxazole rings is 2. The molecule has 20 rings (SSSR count). The van der Waals surface area contributed by atoms with Crippen LogP contribution in [0.3, 0.4) is 0 Å². The lowest BCUT2D eigenvalue weighted by Crippen LogP contribution is -2.17. The van der Waals surface area contributed by atoms with Crippen molar-refractivity contribution in [2.45, 2.75) is 64.2 Å². The highest BCUT2D eigenvalue weighted by Gasteiger charge is 2.25. The van der Waals surface area contributed by atoms with Gasteiger partial charge in [-0.05, 0) is 240 Å². The molecular weight excluding hydrogens is 1720 g/mol. The van der Waals surface area contributed by atoms with Crippen LogP contribution < -0.4 is 48.2 Å². The molecule has 5 aromatic heterocycles. The van der Waals surface area contributed by atoms with Gasteiger partial charge in [-0.2, -0.15) is 0 Å². The van der Waals surface area contributed by atoms with Gasteiger partial charge in [0.1, 0.15) is 15.0 Å². The summed E-state index contributed by atoms with van der Waals surface area (Å²) >= 11 is 4.47. The maximum absolute atomic E-state index is 13.9. The number of halogens is 5. The minimum absolute atomic E-state index is 0.0368. The average Bonchev–Trinajstić information content (AvgIpc) is 1.54. The maximum Gasteiger partial charge on any atom is 0.226 e. The number of aromatic nitrogens is 5. The molecule has 0 atom stereocenters. The van der Waals surface area contributed by atoms with Crippen molar-refractivity contribution in [1.29, 1.82) is 0 Å². The Morgan fingerprint density at radius 1 is 0.285 bits per heavy atom. The number of hydrogen-bond donors (Lipinski definition) is 5. The quantitative estimate of drug-likeness (QED) is 0.0445. The van der Waals surface area contributed by atoms with Crippen LogP contribution in [0.1, 0.15) is 64.2 Å². The van der Waals surface area contributed by atoms with Gasteiger partial charge >= 0.3 is 0 Å². The average molecular weight is 1820 g/mol. The van der Waals surface area contributed by atoms with Gasteiger partial charge in [0.05, 0.1) is 63.4 Å². The zero-order valence-electron chi connectivity index (χ0n) is 72.0. The fourth-order valence-corrected chi connectivity index (χ4v) is 18.7. The zero-order chi connectivity index (χ0) is 90.5. The second-order valence-corrected chi connectivity index (χ2v) is 34.3. The van der Waals surface area contributed by atoms with E-state index in [2.05, 4.69) is 146 Å². The molecule has 670 valence electrons. The molecule has 0 spiro atoms. The number of benzene rings is 10. The number of hydrogen-bond acceptors (Lipinski definition) is 25. The van der Waals surface area contributed by atoms with Gasteiger partial charge in [-0.1, -0.05) is 12.1 Å². The van der Waals surface area contributed by atoms with Crippen LogP contribution >= 0.6 is 34.0 Å². The van der Waals surface area contributed by atoms with E-state index in [4.69, 9.17) is 32.5 Å². The summed E-state index contributed by atoms with van der Waals surface area (Å²) in [5, 5.41) is 52.5. The first-order valence-electron chi connectivity index (χ1n) is 42.7. The van der Waals surface area contributed by atoms with E-state index in [1.165, 1.54) is 211 Å². The van der Waals surface area contributed by atoms with Crippen LogP contribution in [-0.4, -0.2) is 151 Å². The molecule has 5 aliphatic rings. The highest BCUT2D eigenvalue weighted by atomic mass is 32.1. The Bertz CT molecular complexity index is 5480. The summed E-state index contributed by atoms with van der Waals surface area (Å²) in [5.74, 6) is -4.05. The largest absolute Gasteiger partial charge is 0.502 e. The molecule has 10 heterocycles. The number of nitrogens with zero attached hydrogens (tertiary/aromatic N) is 10. The van der Waals surface area contributed by atoms with Crippen molar-refractivity contribution in [3.05, 3.63) is 241 Å². The normalized spacial score (nSPS) is 14.0. The third-order valence-corrected chi connectivity index (χ3v) is 26.2. The van der Waals surface area contributed by atoms with E-state index in [9.17, 15) is 47.5 Å². The van der Waals surface area contributed by atoms with Crippen LogP contribution in [0.2, 0.25) is 0 Å². The van der Waals surface area contributed by atoms with Crippen LogP contribution in [0.25, 0.3) is 109 Å². The number of methoxy groups -OCH3 is 5. The summed E-state index contributed by atoms with van der Waals surface area (Å²) in [7, 11) is 6.92. The Morgan fingerprint density at radius 2 is 0.562 bits per heavy atom. The van der Waals surface area contributed by atoms with Gasteiger partial charge in [-0.25, -0.2) is 46.9 Å². The number of anilines is 5. The molecule has 22 nitrogen and oxygen atoms in total. The molecule has 5 saturated heterocycles. The molecule has 0 radical (unpaired) electrons. The molecule has 10 aromatic carbocycles. The number of aromatic hydroxyl groups is 5. The number of thiazole rings is 3. The molecule has 5 N–H and O–H groups in total. The Labute approximate surface area is 760 Å². The highest BCUT2D eigenvalue weighted by molar-refractivity contribution is 7.18. The van der Waals surface area contributed by atoms with Crippen molar-refractivity contribution in [3.8, 4) is 167 Å². The van der Waals surface area contributed by atoms with Gasteiger partial charge in [0.15, 0.2) is 98.1 Å². The fraction of sp³-hybridized carbons (Fsp3) is 0.250. The van der Waals surface area contributed by atoms with Crippen LogP contribution in [0.4, 0.5) is 50.4 Å². The van der Waals surface area contributed by atoms with Crippen LogP contribution in [0.15, 0.2) is 221 Å². The van der Waals surface area contributed by atoms with Gasteiger partial charge in [0.25, 0.3) is 0 Å². The van der Waals surface area contributed by atoms with Crippen molar-refractivity contribution in [3.63, 3.8) is 0 Å². The van der Waals surface area contributed by atoms with Crippen molar-refractivity contribution < 1.29 is 80.0 Å². The fourth-order valence-electron chi connectivity index (χ4n) is 16.0. The molecule has 5 fully saturated rings. The number of rotatable bonds is 20. The van der Waals surface area contributed by atoms with Crippen LogP contribution in [0, 0.1) is 29.1 Å². The van der Waals surface area contributed by atoms with Gasteiger partial charge in [0, 0.05) is 162 Å². The topological polar surface area (TPSA) is 254 Å². The lowest BCUT2D eigenvalue weighted by molar-refractivity contribution is 0.357. The SMILES string of the molecule is COc1cc(-c2cnc(-c3ccc(N4CCCC4)cc3)o2)cc(F)c1O.COc1cc(-c2cnc(-c3ccc(N4CCCC4)cc3)s2)cc(F)c1O.COc1cc(-c2csc(-c3ccc(N4CCCC4)cc3)n2)cc(F)c1O.COc1cc(-c2ncc(-c3ccc(N4CCCC4)cc3)o2)cc(F)c1O.COc1cc(-c2ncc(-c3ccc(N4CCCC4)cc3)s2)cc(F)c1O. The Morgan fingerprint density at radius 3 is 0.954 bits per heavy atom. The van der Waals surface area contributed by atoms with E-state index in [0.29, 0.717) is 55.9 Å². The van der Waals surface area contributed by atoms with E-state index < -0.39 is 57.8 Å². The van der Waals surface area contributed by atoms with Gasteiger partial charge in [-0.3, -0.25) is 0 Å². The minimum Gasteiger partial charge on any atom is -0.502 e. The summed E-state index contributed by atoms with van der Waals surface area (Å²) in [5.41, 5.74) is 14.4. The van der Waals surface area contributed by atoms with Crippen molar-refractivity contribution in [2.24, 2.45) is 0 Å². The summed E-state index contributed by atoms with van der Waals surface area (Å²) in [6.45, 7) is 11.1. The monoisotopic (exact) mass is 1820 g/mol. The predicted octanol–water partition coefficient (Wildman–Crippen LogP) is 23.7. The second-order valence-electron chi connectivity index (χ2n) is 31.4. The Hall–Kier alpha value is -13.8. The maximum atomic E-state index is 13.9. The summed E-state index contributed by atoms with van der Waals surface area (Å²) < 4.78 is 106. The molecule has 5 aliphatic heterocycles. The lowest BCUT2D eigenvalue weighted by atomic mass is 10.1. The van der Waals surface area contributed by atoms with Crippen molar-refractivity contribution >= 4 is 62.4 Å². The van der Waals surface area contributed by atoms with Gasteiger partial charge in [-0.15, -0.1) is 34.0 Å². The van der Waals surface area contributed by atoms with E-state index in [-0.39, 0.29) is 34.6 Å². The second kappa shape index (κ2) is 41.1. The smallest absolute Gasteiger partial charge is 0.226 e. The van der Waals surface area contributed by atoms with E-state index in [0.717, 1.165) is 113 Å². The molecule has 15 aromatic rings. The minimum atomic E-state index is -0.783. The van der Waals surface area contributed by atoms with E-state index in [1.807, 2.05) is 29.6 Å². The third-order valence-electron chi connectivity index (χ3n) is 23.1. The first-order chi connectivity index (χ1) is 63.3. The number of phenolic OH excluding ortho intramolecular Hbond substituents is 5. The standard InChI is InChI=1S/2C20H19FN2O3.3C20H19FN2O2S/c1-25-17-11-14(10-16(21)19(17)24)18-12-22-20(26-18)13-4-6-15(7-5-13)23-8-2-3-9-23;1-25-17-11-14(10-16(21)19(17)24)20-22-12-18(26-20)13-4-6-15(7-5-13)23-8-2-3-9-23;1-25-18-11-14(10-16(21)19(18)24)17-12-26-20(22-17)13-4-6-15(7-5-13)23-8-2-3-9-23;1-25-17-11-14(10-16(21)19(17)24)18-12-22-20(26-18)13-4-6-15(7-5-13)23-8-2-3-9-23;1-25-17-11-14(10-16(21)19(17)24)20-22-12-18(26-20)13-4-6-15(7-5-13)23-8-2-3-9-23/h5*4-7,10-12,24H,2-3,8-9H2,1H3. The first kappa shape index (κ1) is 89.5. The summed E-state index contributed by atoms with van der Waals surface area (Å²) in [4.78, 5) is 35.8. The Kier molecular flexibility index (Phi) is 28.3. The molecule has 0 saturated carbocycles. The molecule has 130 heavy (non-hydrogen) atoms. The van der Waals surface area contributed by atoms with Crippen LogP contribution in [0.5, 0.6) is 57.5 Å². The lowest BCUT2D eigenvalue weighted by Gasteiger charge is -2.17. The molecule has 30 heteroatoms. The Balaban J connectivity index is 0.000000119. The third kappa shape index (κ3) is 20.6. The van der Waals surface area contributed by atoms with Gasteiger partial charge < -0.3 is 82.6 Å². The van der Waals surface area contributed by atoms with Crippen molar-refractivity contribution in [2.75, 3.05) is 125 Å². The highest BCUT2D eigenvalue weighted by Crippen LogP contribution is 2.45. The molecule has 0 bridgehead atoms. The van der Waals surface area contributed by atoms with E-state index >= 15 is 0 Å². The summed E-state index contributed by atoms with van der Waals surface area (Å²) in [6, 6.07) is 55.5. The molecule has 0 aliphatic carbocycles. The van der Waals surface area contributed by atoms with Crippen molar-refractivity contribution in [1.82, 2.24) is 24.9 Å². The first-order valence-corrected chi connectivity index (χ1v) is 45.2. The molecular formula is C100H95F5N10O12S3. The summed E-state index contributed by atoms with van der Waals surface area (Å²) in [6.07, 6.45) is 19.1. The van der Waals surface area contributed by atoms with E-state index in [1.54, 1.807) is 36.8 Å². The van der Waals surface area contributed by atoms with Gasteiger partial charge in [0.2, 0.25) is 11.8 Å². The zero-order valence-corrected chi connectivity index (χ0v) is 74.5. The molecule has 0 amide bonds. The predicted molar refractivity (Wildman–Crippen MR) is 502 cm³/mol. The molecule has 0 unspecified atom stereocenters. The van der Waals surface area contributed by atoms with Crippen LogP contribution in [-0.2, 0) is 0 Å². The number of ether oxygens (including phenoxy) is 5.